The first-order chi connectivity index (χ1) is 12.8. The van der Waals surface area contributed by atoms with E-state index < -0.39 is 11.7 Å². The summed E-state index contributed by atoms with van der Waals surface area (Å²) < 4.78 is 45.4. The van der Waals surface area contributed by atoms with Crippen LogP contribution in [0.1, 0.15) is 11.1 Å². The van der Waals surface area contributed by atoms with Gasteiger partial charge in [0.25, 0.3) is 0 Å². The van der Waals surface area contributed by atoms with Gasteiger partial charge in [0.2, 0.25) is 0 Å². The van der Waals surface area contributed by atoms with E-state index in [1.165, 1.54) is 30.5 Å². The number of alkyl halides is 3. The van der Waals surface area contributed by atoms with Crippen LogP contribution in [0.2, 0.25) is 10.0 Å². The summed E-state index contributed by atoms with van der Waals surface area (Å²) in [6.07, 6.45) is -3.22. The molecule has 0 fully saturated rings. The van der Waals surface area contributed by atoms with Gasteiger partial charge in [0.1, 0.15) is 6.61 Å². The van der Waals surface area contributed by atoms with Crippen LogP contribution in [0.15, 0.2) is 54.7 Å². The predicted molar refractivity (Wildman–Crippen MR) is 99.9 cm³/mol. The molecule has 0 spiro atoms. The number of nitrogens with two attached hydrogens (primary N) is 1. The fraction of sp³-hybridized carbons (Fsp3) is 0.105. The van der Waals surface area contributed by atoms with Crippen molar-refractivity contribution in [2.75, 3.05) is 5.73 Å². The zero-order chi connectivity index (χ0) is 19.6. The van der Waals surface area contributed by atoms with E-state index in [0.717, 1.165) is 6.07 Å². The van der Waals surface area contributed by atoms with Crippen molar-refractivity contribution in [3.63, 3.8) is 0 Å². The molecule has 0 amide bonds. The number of pyridine rings is 1. The average molecular weight is 413 g/mol. The Morgan fingerprint density at radius 3 is 2.33 bits per heavy atom. The first kappa shape index (κ1) is 19.3. The second-order valence-corrected chi connectivity index (χ2v) is 6.45. The molecular formula is C19H13Cl2F3N2O. The lowest BCUT2D eigenvalue weighted by Crippen LogP contribution is -2.07. The molecule has 2 N–H and O–H groups in total. The molecule has 27 heavy (non-hydrogen) atoms. The van der Waals surface area contributed by atoms with Crippen LogP contribution in [0.3, 0.4) is 0 Å². The second kappa shape index (κ2) is 7.66. The van der Waals surface area contributed by atoms with Crippen LogP contribution in [0, 0.1) is 0 Å². The first-order valence-electron chi connectivity index (χ1n) is 7.75. The third kappa shape index (κ3) is 4.28. The van der Waals surface area contributed by atoms with Gasteiger partial charge in [0, 0.05) is 27.4 Å². The van der Waals surface area contributed by atoms with E-state index in [1.54, 1.807) is 18.2 Å². The fourth-order valence-corrected chi connectivity index (χ4v) is 3.03. The van der Waals surface area contributed by atoms with Crippen LogP contribution in [0.5, 0.6) is 5.75 Å². The molecule has 0 aliphatic heterocycles. The molecule has 0 saturated carbocycles. The Bertz CT molecular complexity index is 957. The van der Waals surface area contributed by atoms with Crippen LogP contribution in [0.25, 0.3) is 11.1 Å². The standard InChI is InChI=1S/C19H13Cl2F3N2O/c20-15-6-3-7-16(21)13(15)10-27-17-8-11(9-26-18(17)25)12-4-1-2-5-14(12)19(22,23)24/h1-9H,10H2,(H2,25,26). The minimum absolute atomic E-state index is 0.00520. The molecule has 1 aromatic heterocycles. The Kier molecular flexibility index (Phi) is 5.48. The van der Waals surface area contributed by atoms with E-state index >= 15 is 0 Å². The van der Waals surface area contributed by atoms with Crippen molar-refractivity contribution >= 4 is 29.0 Å². The number of nitrogen functional groups attached to an aromatic ring is 1. The molecule has 1 heterocycles. The smallest absolute Gasteiger partial charge is 0.417 e. The molecule has 0 unspecified atom stereocenters. The minimum atomic E-state index is -4.50. The maximum atomic E-state index is 13.3. The molecule has 8 heteroatoms. The van der Waals surface area contributed by atoms with Crippen LogP contribution in [-0.4, -0.2) is 4.98 Å². The lowest BCUT2D eigenvalue weighted by molar-refractivity contribution is -0.137. The molecule has 0 aliphatic carbocycles. The molecule has 2 aromatic carbocycles. The van der Waals surface area contributed by atoms with Crippen molar-refractivity contribution in [2.45, 2.75) is 12.8 Å². The number of benzene rings is 2. The summed E-state index contributed by atoms with van der Waals surface area (Å²) in [5.41, 5.74) is 5.80. The lowest BCUT2D eigenvalue weighted by atomic mass is 10.0. The summed E-state index contributed by atoms with van der Waals surface area (Å²) in [5.74, 6) is 0.187. The molecule has 0 bridgehead atoms. The number of ether oxygens (including phenoxy) is 1. The van der Waals surface area contributed by atoms with E-state index in [-0.39, 0.29) is 29.3 Å². The zero-order valence-corrected chi connectivity index (χ0v) is 15.2. The van der Waals surface area contributed by atoms with Crippen molar-refractivity contribution in [3.8, 4) is 16.9 Å². The van der Waals surface area contributed by atoms with Crippen molar-refractivity contribution in [2.24, 2.45) is 0 Å². The molecule has 3 aromatic rings. The summed E-state index contributed by atoms with van der Waals surface area (Å²) in [7, 11) is 0. The second-order valence-electron chi connectivity index (χ2n) is 5.64. The molecule has 0 radical (unpaired) electrons. The van der Waals surface area contributed by atoms with E-state index in [2.05, 4.69) is 4.98 Å². The Morgan fingerprint density at radius 1 is 1.00 bits per heavy atom. The summed E-state index contributed by atoms with van der Waals surface area (Å²) in [5, 5.41) is 0.820. The molecule has 0 saturated heterocycles. The topological polar surface area (TPSA) is 48.1 Å². The van der Waals surface area contributed by atoms with E-state index in [1.807, 2.05) is 0 Å². The van der Waals surface area contributed by atoms with Crippen molar-refractivity contribution in [1.29, 1.82) is 0 Å². The molecular weight excluding hydrogens is 400 g/mol. The third-order valence-corrected chi connectivity index (χ3v) is 4.57. The largest absolute Gasteiger partial charge is 0.485 e. The number of nitrogens with zero attached hydrogens (tertiary/aromatic N) is 1. The van der Waals surface area contributed by atoms with E-state index in [0.29, 0.717) is 15.6 Å². The highest BCUT2D eigenvalue weighted by Gasteiger charge is 2.33. The molecule has 140 valence electrons. The highest BCUT2D eigenvalue weighted by molar-refractivity contribution is 6.35. The Morgan fingerprint density at radius 2 is 1.67 bits per heavy atom. The third-order valence-electron chi connectivity index (χ3n) is 3.86. The molecule has 0 aliphatic rings. The first-order valence-corrected chi connectivity index (χ1v) is 8.51. The van der Waals surface area contributed by atoms with Crippen LogP contribution < -0.4 is 10.5 Å². The minimum Gasteiger partial charge on any atom is -0.485 e. The van der Waals surface area contributed by atoms with E-state index in [4.69, 9.17) is 33.7 Å². The summed E-state index contributed by atoms with van der Waals surface area (Å²) >= 11 is 12.2. The van der Waals surface area contributed by atoms with Crippen molar-refractivity contribution < 1.29 is 17.9 Å². The number of hydrogen-bond donors (Lipinski definition) is 1. The quantitative estimate of drug-likeness (QED) is 0.551. The summed E-state index contributed by atoms with van der Waals surface area (Å²) in [6.45, 7) is -0.00520. The van der Waals surface area contributed by atoms with Crippen LogP contribution in [0.4, 0.5) is 19.0 Å². The van der Waals surface area contributed by atoms with Gasteiger partial charge in [-0.1, -0.05) is 47.5 Å². The van der Waals surface area contributed by atoms with Gasteiger partial charge < -0.3 is 10.5 Å². The van der Waals surface area contributed by atoms with Gasteiger partial charge in [0.05, 0.1) is 5.56 Å². The monoisotopic (exact) mass is 412 g/mol. The molecule has 3 rings (SSSR count). The number of anilines is 1. The van der Waals surface area contributed by atoms with Gasteiger partial charge in [-0.15, -0.1) is 0 Å². The summed E-state index contributed by atoms with van der Waals surface area (Å²) in [6, 6.07) is 11.6. The molecule has 0 atom stereocenters. The normalized spacial score (nSPS) is 11.4. The van der Waals surface area contributed by atoms with Crippen LogP contribution >= 0.6 is 23.2 Å². The Balaban J connectivity index is 1.95. The van der Waals surface area contributed by atoms with Gasteiger partial charge in [-0.25, -0.2) is 4.98 Å². The SMILES string of the molecule is Nc1ncc(-c2ccccc2C(F)(F)F)cc1OCc1c(Cl)cccc1Cl. The van der Waals surface area contributed by atoms with Crippen molar-refractivity contribution in [1.82, 2.24) is 4.98 Å². The van der Waals surface area contributed by atoms with Gasteiger partial charge in [0.15, 0.2) is 11.6 Å². The fourth-order valence-electron chi connectivity index (χ4n) is 2.52. The van der Waals surface area contributed by atoms with Crippen molar-refractivity contribution in [3.05, 3.63) is 75.9 Å². The summed E-state index contributed by atoms with van der Waals surface area (Å²) in [4.78, 5) is 3.96. The van der Waals surface area contributed by atoms with Gasteiger partial charge in [-0.3, -0.25) is 0 Å². The Hall–Kier alpha value is -2.44. The maximum Gasteiger partial charge on any atom is 0.417 e. The highest BCUT2D eigenvalue weighted by atomic mass is 35.5. The van der Waals surface area contributed by atoms with Gasteiger partial charge in [-0.05, 0) is 29.8 Å². The number of halogens is 5. The van der Waals surface area contributed by atoms with Gasteiger partial charge in [-0.2, -0.15) is 13.2 Å². The predicted octanol–water partition coefficient (Wildman–Crippen LogP) is 6.24. The zero-order valence-electron chi connectivity index (χ0n) is 13.7. The maximum absolute atomic E-state index is 13.3. The number of aromatic nitrogens is 1. The molecule has 3 nitrogen and oxygen atoms in total. The lowest BCUT2D eigenvalue weighted by Gasteiger charge is -2.15. The number of rotatable bonds is 4. The Labute approximate surface area is 163 Å². The highest BCUT2D eigenvalue weighted by Crippen LogP contribution is 2.38. The average Bonchev–Trinajstić information content (AvgIpc) is 2.62. The van der Waals surface area contributed by atoms with Gasteiger partial charge >= 0.3 is 6.18 Å². The number of hydrogen-bond acceptors (Lipinski definition) is 3. The van der Waals surface area contributed by atoms with Crippen LogP contribution in [-0.2, 0) is 12.8 Å². The van der Waals surface area contributed by atoms with E-state index in [9.17, 15) is 13.2 Å².